The average Bonchev–Trinajstić information content (AvgIpc) is 3.05. The predicted molar refractivity (Wildman–Crippen MR) is 123 cm³/mol. The van der Waals surface area contributed by atoms with Crippen LogP contribution in [0.15, 0.2) is 0 Å². The Labute approximate surface area is 198 Å². The van der Waals surface area contributed by atoms with Crippen molar-refractivity contribution in [3.8, 4) is 0 Å². The summed E-state index contributed by atoms with van der Waals surface area (Å²) < 4.78 is 36.1. The molecule has 33 heavy (non-hydrogen) atoms. The zero-order chi connectivity index (χ0) is 24.3. The van der Waals surface area contributed by atoms with E-state index in [0.29, 0.717) is 32.1 Å². The van der Waals surface area contributed by atoms with Gasteiger partial charge in [0.05, 0.1) is 12.2 Å². The minimum atomic E-state index is -4.39. The molecular formula is C24H43NO7S. The lowest BCUT2D eigenvalue weighted by atomic mass is 9.42. The highest BCUT2D eigenvalue weighted by Crippen LogP contribution is 2.68. The van der Waals surface area contributed by atoms with E-state index in [-0.39, 0.29) is 47.0 Å². The van der Waals surface area contributed by atoms with Gasteiger partial charge < -0.3 is 20.4 Å². The first-order chi connectivity index (χ1) is 15.3. The fraction of sp³-hybridized carbons (Fsp3) is 1.00. The molecule has 4 fully saturated rings. The van der Waals surface area contributed by atoms with Gasteiger partial charge in [-0.25, -0.2) is 0 Å². The maximum atomic E-state index is 11.9. The smallest absolute Gasteiger partial charge is 0.333 e. The minimum Gasteiger partial charge on any atom is -0.393 e. The Morgan fingerprint density at radius 3 is 2.33 bits per heavy atom. The molecular weight excluding hydrogens is 446 g/mol. The summed E-state index contributed by atoms with van der Waals surface area (Å²) in [6, 6.07) is -0.418. The molecule has 11 atom stereocenters. The molecule has 0 bridgehead atoms. The first kappa shape index (κ1) is 25.8. The highest BCUT2D eigenvalue weighted by atomic mass is 32.2. The molecule has 0 aliphatic heterocycles. The van der Waals surface area contributed by atoms with E-state index >= 15 is 0 Å². The maximum absolute atomic E-state index is 11.9. The number of rotatable bonds is 6. The Kier molecular flexibility index (Phi) is 7.02. The quantitative estimate of drug-likeness (QED) is 0.247. The summed E-state index contributed by atoms with van der Waals surface area (Å²) in [6.45, 7) is 6.53. The Morgan fingerprint density at radius 1 is 1.00 bits per heavy atom. The molecule has 0 amide bonds. The summed E-state index contributed by atoms with van der Waals surface area (Å²) in [5.74, 6) is 0.795. The minimum absolute atomic E-state index is 0.0115. The molecule has 0 radical (unpaired) electrons. The number of nitrogens with one attached hydrogen (secondary N) is 1. The van der Waals surface area contributed by atoms with Crippen LogP contribution in [0.1, 0.15) is 78.6 Å². The van der Waals surface area contributed by atoms with E-state index in [1.54, 1.807) is 0 Å². The fourth-order valence-corrected chi connectivity index (χ4v) is 9.74. The van der Waals surface area contributed by atoms with E-state index in [1.165, 1.54) is 0 Å². The maximum Gasteiger partial charge on any atom is 0.333 e. The number of hydrogen-bond donors (Lipinski definition) is 6. The third-order valence-corrected chi connectivity index (χ3v) is 11.3. The van der Waals surface area contributed by atoms with Gasteiger partial charge in [-0.2, -0.15) is 13.1 Å². The van der Waals surface area contributed by atoms with Gasteiger partial charge in [0.25, 0.3) is 0 Å². The molecule has 4 aliphatic rings. The van der Waals surface area contributed by atoms with Crippen LogP contribution in [-0.4, -0.2) is 57.9 Å². The average molecular weight is 490 g/mol. The van der Waals surface area contributed by atoms with Crippen LogP contribution in [0, 0.1) is 46.3 Å². The first-order valence-electron chi connectivity index (χ1n) is 12.7. The van der Waals surface area contributed by atoms with Crippen molar-refractivity contribution in [2.75, 3.05) is 0 Å². The molecule has 192 valence electrons. The number of aliphatic hydroxyl groups is 4. The standard InChI is InChI=1S/C24H43NO7S/c1-13(4-7-21(28)29)16-5-6-17-22-18(12-20(27)24(16,17)3)23(2)9-8-15(26)10-14(23)11-19(22)25-33(30,31)32/h13-22,25-29H,4-12H2,1-3H3,(H,30,31,32)/t13-,14+,15-,16-,17+,18+,19?,20+,22+,23+,24-/m1/s1. The second-order valence-corrected chi connectivity index (χ2v) is 13.4. The van der Waals surface area contributed by atoms with E-state index in [9.17, 15) is 33.4 Å². The van der Waals surface area contributed by atoms with Gasteiger partial charge >= 0.3 is 10.3 Å². The van der Waals surface area contributed by atoms with Gasteiger partial charge in [-0.1, -0.05) is 20.8 Å². The van der Waals surface area contributed by atoms with Crippen LogP contribution in [0.3, 0.4) is 0 Å². The summed E-state index contributed by atoms with van der Waals surface area (Å²) in [5.41, 5.74) is -0.466. The Balaban J connectivity index is 1.68. The van der Waals surface area contributed by atoms with Gasteiger partial charge in [0.15, 0.2) is 6.29 Å². The van der Waals surface area contributed by atoms with Gasteiger partial charge in [-0.3, -0.25) is 4.55 Å². The molecule has 9 heteroatoms. The molecule has 0 saturated heterocycles. The summed E-state index contributed by atoms with van der Waals surface area (Å²) in [4.78, 5) is 0. The first-order valence-corrected chi connectivity index (χ1v) is 14.2. The van der Waals surface area contributed by atoms with Gasteiger partial charge in [-0.15, -0.1) is 0 Å². The summed E-state index contributed by atoms with van der Waals surface area (Å²) >= 11 is 0. The molecule has 0 spiro atoms. The van der Waals surface area contributed by atoms with E-state index in [2.05, 4.69) is 25.5 Å². The third-order valence-electron chi connectivity index (χ3n) is 10.7. The lowest BCUT2D eigenvalue weighted by Crippen LogP contribution is -2.65. The van der Waals surface area contributed by atoms with Gasteiger partial charge in [0.1, 0.15) is 0 Å². The van der Waals surface area contributed by atoms with Crippen LogP contribution in [0.25, 0.3) is 0 Å². The van der Waals surface area contributed by atoms with Crippen LogP contribution in [0.5, 0.6) is 0 Å². The molecule has 4 aliphatic carbocycles. The van der Waals surface area contributed by atoms with E-state index in [4.69, 9.17) is 0 Å². The summed E-state index contributed by atoms with van der Waals surface area (Å²) in [5, 5.41) is 40.6. The second-order valence-electron chi connectivity index (χ2n) is 12.2. The van der Waals surface area contributed by atoms with Crippen LogP contribution in [-0.2, 0) is 10.3 Å². The summed E-state index contributed by atoms with van der Waals surface area (Å²) in [6.07, 6.45) is 3.94. The van der Waals surface area contributed by atoms with Crippen molar-refractivity contribution >= 4 is 10.3 Å². The largest absolute Gasteiger partial charge is 0.393 e. The van der Waals surface area contributed by atoms with Crippen LogP contribution < -0.4 is 4.72 Å². The Morgan fingerprint density at radius 2 is 1.70 bits per heavy atom. The normalized spacial score (nSPS) is 48.8. The van der Waals surface area contributed by atoms with Crippen LogP contribution in [0.2, 0.25) is 0 Å². The monoisotopic (exact) mass is 489 g/mol. The van der Waals surface area contributed by atoms with Crippen molar-refractivity contribution in [2.24, 2.45) is 46.3 Å². The number of aliphatic hydroxyl groups excluding tert-OH is 3. The van der Waals surface area contributed by atoms with Gasteiger partial charge in [0, 0.05) is 6.04 Å². The highest BCUT2D eigenvalue weighted by molar-refractivity contribution is 7.83. The zero-order valence-electron chi connectivity index (χ0n) is 20.1. The topological polar surface area (TPSA) is 147 Å². The fourth-order valence-electron chi connectivity index (χ4n) is 9.10. The van der Waals surface area contributed by atoms with E-state index in [0.717, 1.165) is 25.7 Å². The number of fused-ring (bicyclic) bond motifs is 5. The summed E-state index contributed by atoms with van der Waals surface area (Å²) in [7, 11) is -4.39. The van der Waals surface area contributed by atoms with Gasteiger partial charge in [0.2, 0.25) is 0 Å². The molecule has 6 N–H and O–H groups in total. The molecule has 1 unspecified atom stereocenters. The molecule has 0 heterocycles. The lowest BCUT2D eigenvalue weighted by Gasteiger charge is -2.64. The van der Waals surface area contributed by atoms with Crippen molar-refractivity contribution in [3.63, 3.8) is 0 Å². The third kappa shape index (κ3) is 4.52. The highest BCUT2D eigenvalue weighted by Gasteiger charge is 2.66. The lowest BCUT2D eigenvalue weighted by molar-refractivity contribution is -0.182. The molecule has 8 nitrogen and oxygen atoms in total. The molecule has 0 aromatic rings. The molecule has 4 rings (SSSR count). The van der Waals surface area contributed by atoms with E-state index in [1.807, 2.05) is 0 Å². The van der Waals surface area contributed by atoms with Gasteiger partial charge in [-0.05, 0) is 104 Å². The molecule has 0 aromatic heterocycles. The second kappa shape index (κ2) is 8.98. The predicted octanol–water partition coefficient (Wildman–Crippen LogP) is 2.07. The SMILES string of the molecule is C[C@H](CCC(O)O)[C@H]1CC[C@H]2[C@@H]3C(NS(=O)(=O)O)C[C@@H]4C[C@H](O)CC[C@]4(C)[C@H]3C[C@H](O)[C@]12C. The van der Waals surface area contributed by atoms with E-state index < -0.39 is 34.2 Å². The molecule has 0 aromatic carbocycles. The van der Waals surface area contributed by atoms with Crippen molar-refractivity contribution in [1.82, 2.24) is 4.72 Å². The van der Waals surface area contributed by atoms with Crippen LogP contribution >= 0.6 is 0 Å². The van der Waals surface area contributed by atoms with Crippen molar-refractivity contribution in [2.45, 2.75) is 103 Å². The zero-order valence-corrected chi connectivity index (χ0v) is 20.9. The van der Waals surface area contributed by atoms with Crippen molar-refractivity contribution < 1.29 is 33.4 Å². The van der Waals surface area contributed by atoms with Crippen LogP contribution in [0.4, 0.5) is 0 Å². The molecule has 4 saturated carbocycles. The Bertz CT molecular complexity index is 822. The van der Waals surface area contributed by atoms with Crippen molar-refractivity contribution in [3.05, 3.63) is 0 Å². The Hall–Kier alpha value is -0.290. The van der Waals surface area contributed by atoms with Crippen molar-refractivity contribution in [1.29, 1.82) is 0 Å². The number of hydrogen-bond acceptors (Lipinski definition) is 6.